The molecule has 0 radical (unpaired) electrons. The summed E-state index contributed by atoms with van der Waals surface area (Å²) in [5, 5.41) is 0.710. The van der Waals surface area contributed by atoms with Gasteiger partial charge in [-0.25, -0.2) is 4.98 Å². The lowest BCUT2D eigenvalue weighted by Gasteiger charge is -2.33. The van der Waals surface area contributed by atoms with Crippen LogP contribution in [0.4, 0.5) is 0 Å². The molecule has 1 atom stereocenters. The quantitative estimate of drug-likeness (QED) is 0.836. The second-order valence-corrected chi connectivity index (χ2v) is 6.31. The molecule has 6 nitrogen and oxygen atoms in total. The van der Waals surface area contributed by atoms with Crippen LogP contribution in [0.5, 0.6) is 0 Å². The molecule has 3 rings (SSSR count). The number of fused-ring (bicyclic) bond motifs is 1. The number of imidazole rings is 1. The lowest BCUT2D eigenvalue weighted by Crippen LogP contribution is -2.51. The van der Waals surface area contributed by atoms with Crippen molar-refractivity contribution in [3.63, 3.8) is 0 Å². The van der Waals surface area contributed by atoms with Crippen LogP contribution in [0.3, 0.4) is 0 Å². The van der Waals surface area contributed by atoms with Gasteiger partial charge >= 0.3 is 0 Å². The summed E-state index contributed by atoms with van der Waals surface area (Å²) in [6, 6.07) is 7.27. The van der Waals surface area contributed by atoms with Crippen molar-refractivity contribution in [3.05, 3.63) is 24.3 Å². The first kappa shape index (κ1) is 14.9. The first-order valence-electron chi connectivity index (χ1n) is 7.31. The number of piperidine rings is 1. The fraction of sp³-hybridized carbons (Fsp3) is 0.400. The Labute approximate surface area is 132 Å². The highest BCUT2D eigenvalue weighted by Gasteiger charge is 2.30. The van der Waals surface area contributed by atoms with Crippen LogP contribution in [0, 0.1) is 0 Å². The third kappa shape index (κ3) is 3.09. The van der Waals surface area contributed by atoms with E-state index in [1.807, 2.05) is 24.3 Å². The van der Waals surface area contributed by atoms with Gasteiger partial charge in [0, 0.05) is 6.54 Å². The standard InChI is InChI=1S/C15H18N4O2S/c16-14(21)12-7-3-4-8-19(12)13(20)9-22-15-17-10-5-1-2-6-11(10)18-15/h1-2,5-6,12H,3-4,7-9H2,(H2,16,21)(H,17,18). The Bertz CT molecular complexity index is 667. The summed E-state index contributed by atoms with van der Waals surface area (Å²) >= 11 is 1.35. The maximum absolute atomic E-state index is 12.4. The number of carbonyl (C=O) groups is 2. The number of benzene rings is 1. The third-order valence-corrected chi connectivity index (χ3v) is 4.71. The number of nitrogens with two attached hydrogens (primary N) is 1. The Morgan fingerprint density at radius 3 is 2.95 bits per heavy atom. The zero-order chi connectivity index (χ0) is 15.5. The molecule has 2 amide bonds. The average Bonchev–Trinajstić information content (AvgIpc) is 2.95. The lowest BCUT2D eigenvalue weighted by atomic mass is 10.0. The van der Waals surface area contributed by atoms with Crippen LogP contribution in [-0.2, 0) is 9.59 Å². The van der Waals surface area contributed by atoms with Crippen LogP contribution < -0.4 is 5.73 Å². The zero-order valence-corrected chi connectivity index (χ0v) is 12.9. The maximum Gasteiger partial charge on any atom is 0.240 e. The Morgan fingerprint density at radius 2 is 2.18 bits per heavy atom. The normalized spacial score (nSPS) is 18.5. The monoisotopic (exact) mass is 318 g/mol. The van der Waals surface area contributed by atoms with Gasteiger partial charge in [-0.2, -0.15) is 0 Å². The van der Waals surface area contributed by atoms with Gasteiger partial charge in [0.15, 0.2) is 5.16 Å². The van der Waals surface area contributed by atoms with E-state index in [1.54, 1.807) is 4.90 Å². The van der Waals surface area contributed by atoms with E-state index in [4.69, 9.17) is 5.73 Å². The maximum atomic E-state index is 12.4. The molecule has 2 heterocycles. The minimum absolute atomic E-state index is 0.0612. The number of nitrogens with zero attached hydrogens (tertiary/aromatic N) is 2. The molecule has 0 bridgehead atoms. The van der Waals surface area contributed by atoms with Crippen molar-refractivity contribution in [2.45, 2.75) is 30.5 Å². The second-order valence-electron chi connectivity index (χ2n) is 5.35. The van der Waals surface area contributed by atoms with E-state index in [0.717, 1.165) is 23.9 Å². The molecule has 1 aliphatic heterocycles. The molecule has 116 valence electrons. The van der Waals surface area contributed by atoms with E-state index in [2.05, 4.69) is 9.97 Å². The summed E-state index contributed by atoms with van der Waals surface area (Å²) in [5.41, 5.74) is 7.22. The van der Waals surface area contributed by atoms with Crippen molar-refractivity contribution in [1.29, 1.82) is 0 Å². The van der Waals surface area contributed by atoms with E-state index in [0.29, 0.717) is 18.1 Å². The number of H-pyrrole nitrogens is 1. The minimum Gasteiger partial charge on any atom is -0.368 e. The number of thioether (sulfide) groups is 1. The number of primary amides is 1. The van der Waals surface area contributed by atoms with Crippen molar-refractivity contribution >= 4 is 34.6 Å². The summed E-state index contributed by atoms with van der Waals surface area (Å²) in [6.45, 7) is 0.604. The molecular weight excluding hydrogens is 300 g/mol. The van der Waals surface area contributed by atoms with E-state index in [9.17, 15) is 9.59 Å². The number of hydrogen-bond acceptors (Lipinski definition) is 4. The van der Waals surface area contributed by atoms with Gasteiger partial charge < -0.3 is 15.6 Å². The smallest absolute Gasteiger partial charge is 0.240 e. The van der Waals surface area contributed by atoms with E-state index in [1.165, 1.54) is 11.8 Å². The summed E-state index contributed by atoms with van der Waals surface area (Å²) in [5.74, 6) is -0.223. The summed E-state index contributed by atoms with van der Waals surface area (Å²) in [4.78, 5) is 33.0. The Morgan fingerprint density at radius 1 is 1.36 bits per heavy atom. The molecule has 1 aromatic heterocycles. The summed E-state index contributed by atoms with van der Waals surface area (Å²) in [6.07, 6.45) is 2.52. The van der Waals surface area contributed by atoms with Crippen LogP contribution in [0.25, 0.3) is 11.0 Å². The average molecular weight is 318 g/mol. The van der Waals surface area contributed by atoms with Crippen LogP contribution in [0.1, 0.15) is 19.3 Å². The number of rotatable bonds is 4. The van der Waals surface area contributed by atoms with Gasteiger partial charge in [0.25, 0.3) is 0 Å². The Hall–Kier alpha value is -2.02. The van der Waals surface area contributed by atoms with Crippen molar-refractivity contribution in [2.75, 3.05) is 12.3 Å². The van der Waals surface area contributed by atoms with Crippen LogP contribution >= 0.6 is 11.8 Å². The minimum atomic E-state index is -0.461. The zero-order valence-electron chi connectivity index (χ0n) is 12.1. The molecule has 0 spiro atoms. The van der Waals surface area contributed by atoms with Crippen LogP contribution in [0.2, 0.25) is 0 Å². The fourth-order valence-electron chi connectivity index (χ4n) is 2.74. The molecule has 7 heteroatoms. The summed E-state index contributed by atoms with van der Waals surface area (Å²) < 4.78 is 0. The molecule has 0 saturated carbocycles. The Balaban J connectivity index is 1.64. The third-order valence-electron chi connectivity index (χ3n) is 3.85. The molecule has 2 aromatic rings. The molecular formula is C15H18N4O2S. The molecule has 1 aromatic carbocycles. The summed E-state index contributed by atoms with van der Waals surface area (Å²) in [7, 11) is 0. The number of amides is 2. The topological polar surface area (TPSA) is 92.1 Å². The molecule has 0 aliphatic carbocycles. The van der Waals surface area contributed by atoms with Crippen molar-refractivity contribution < 1.29 is 9.59 Å². The second kappa shape index (κ2) is 6.39. The molecule has 1 fully saturated rings. The van der Waals surface area contributed by atoms with E-state index in [-0.39, 0.29) is 11.7 Å². The number of hydrogen-bond donors (Lipinski definition) is 2. The number of nitrogens with one attached hydrogen (secondary N) is 1. The van der Waals surface area contributed by atoms with Gasteiger partial charge in [0.1, 0.15) is 6.04 Å². The van der Waals surface area contributed by atoms with Crippen molar-refractivity contribution in [2.24, 2.45) is 5.73 Å². The highest BCUT2D eigenvalue weighted by atomic mass is 32.2. The number of carbonyl (C=O) groups excluding carboxylic acids is 2. The SMILES string of the molecule is NC(=O)C1CCCCN1C(=O)CSc1nc2ccccc2[nH]1. The Kier molecular flexibility index (Phi) is 4.33. The number of aromatic nitrogens is 2. The van der Waals surface area contributed by atoms with Gasteiger partial charge in [-0.15, -0.1) is 0 Å². The largest absolute Gasteiger partial charge is 0.368 e. The lowest BCUT2D eigenvalue weighted by molar-refractivity contribution is -0.138. The predicted molar refractivity (Wildman–Crippen MR) is 85.4 cm³/mol. The van der Waals surface area contributed by atoms with Gasteiger partial charge in [-0.1, -0.05) is 23.9 Å². The first-order chi connectivity index (χ1) is 10.6. The molecule has 1 aliphatic rings. The predicted octanol–water partition coefficient (Wildman–Crippen LogP) is 1.52. The van der Waals surface area contributed by atoms with Gasteiger partial charge in [-0.3, -0.25) is 9.59 Å². The van der Waals surface area contributed by atoms with Crippen molar-refractivity contribution in [3.8, 4) is 0 Å². The molecule has 1 saturated heterocycles. The first-order valence-corrected chi connectivity index (χ1v) is 8.30. The number of likely N-dealkylation sites (tertiary alicyclic amines) is 1. The molecule has 3 N–H and O–H groups in total. The molecule has 22 heavy (non-hydrogen) atoms. The number of para-hydroxylation sites is 2. The van der Waals surface area contributed by atoms with Crippen LogP contribution in [0.15, 0.2) is 29.4 Å². The van der Waals surface area contributed by atoms with Gasteiger partial charge in [0.05, 0.1) is 16.8 Å². The highest BCUT2D eigenvalue weighted by molar-refractivity contribution is 7.99. The molecule has 1 unspecified atom stereocenters. The van der Waals surface area contributed by atoms with E-state index >= 15 is 0 Å². The van der Waals surface area contributed by atoms with Gasteiger partial charge in [0.2, 0.25) is 11.8 Å². The fourth-order valence-corrected chi connectivity index (χ4v) is 3.51. The highest BCUT2D eigenvalue weighted by Crippen LogP contribution is 2.22. The van der Waals surface area contributed by atoms with E-state index < -0.39 is 11.9 Å². The number of aromatic amines is 1. The van der Waals surface area contributed by atoms with Gasteiger partial charge in [-0.05, 0) is 31.4 Å². The van der Waals surface area contributed by atoms with Crippen LogP contribution in [-0.4, -0.2) is 45.0 Å². The van der Waals surface area contributed by atoms with Crippen molar-refractivity contribution in [1.82, 2.24) is 14.9 Å².